The molecular weight excluding hydrogens is 258 g/mol. The molecule has 0 bridgehead atoms. The second-order valence-corrected chi connectivity index (χ2v) is 5.20. The molecule has 0 saturated carbocycles. The van der Waals surface area contributed by atoms with Crippen molar-refractivity contribution in [2.45, 2.75) is 18.2 Å². The summed E-state index contributed by atoms with van der Waals surface area (Å²) in [6.07, 6.45) is -0.00226. The van der Waals surface area contributed by atoms with Crippen molar-refractivity contribution >= 4 is 0 Å². The van der Waals surface area contributed by atoms with E-state index >= 15 is 0 Å². The third-order valence-corrected chi connectivity index (χ3v) is 3.87. The minimum atomic E-state index is -0.0302. The third kappa shape index (κ3) is 1.93. The number of ether oxygens (including phenoxy) is 4. The molecule has 0 aliphatic carbocycles. The Balaban J connectivity index is 1.52. The molecule has 3 heterocycles. The highest BCUT2D eigenvalue weighted by atomic mass is 16.7. The first-order chi connectivity index (χ1) is 9.81. The molecule has 0 spiro atoms. The van der Waals surface area contributed by atoms with Crippen molar-refractivity contribution in [3.63, 3.8) is 0 Å². The van der Waals surface area contributed by atoms with Crippen LogP contribution in [0.5, 0.6) is 11.5 Å². The van der Waals surface area contributed by atoms with E-state index in [1.165, 1.54) is 0 Å². The Kier molecular flexibility index (Phi) is 2.81. The highest BCUT2D eigenvalue weighted by Gasteiger charge is 2.45. The molecule has 104 valence electrons. The zero-order valence-electron chi connectivity index (χ0n) is 10.9. The van der Waals surface area contributed by atoms with E-state index in [9.17, 15) is 0 Å². The first-order valence-corrected chi connectivity index (χ1v) is 6.71. The number of nitrogens with two attached hydrogens (primary N) is 1. The molecular formula is C15H15NO4. The molecule has 5 heteroatoms. The van der Waals surface area contributed by atoms with Crippen LogP contribution in [0.25, 0.3) is 0 Å². The smallest absolute Gasteiger partial charge is 0.231 e. The maximum absolute atomic E-state index is 5.92. The number of benzene rings is 1. The Morgan fingerprint density at radius 1 is 1.05 bits per heavy atom. The molecule has 2 saturated heterocycles. The Bertz CT molecular complexity index is 591. The normalized spacial score (nSPS) is 33.6. The number of rotatable bonds is 0. The van der Waals surface area contributed by atoms with Gasteiger partial charge in [-0.2, -0.15) is 0 Å². The van der Waals surface area contributed by atoms with Crippen LogP contribution in [0.15, 0.2) is 18.2 Å². The molecule has 3 aliphatic heterocycles. The van der Waals surface area contributed by atoms with Gasteiger partial charge in [-0.15, -0.1) is 0 Å². The van der Waals surface area contributed by atoms with E-state index in [4.69, 9.17) is 24.7 Å². The second-order valence-electron chi connectivity index (χ2n) is 5.20. The molecule has 1 aromatic carbocycles. The third-order valence-electron chi connectivity index (χ3n) is 3.87. The van der Waals surface area contributed by atoms with Crippen LogP contribution in [-0.2, 0) is 9.47 Å². The minimum Gasteiger partial charge on any atom is -0.454 e. The molecule has 2 fully saturated rings. The van der Waals surface area contributed by atoms with Crippen molar-refractivity contribution in [1.82, 2.24) is 0 Å². The van der Waals surface area contributed by atoms with Gasteiger partial charge in [0.2, 0.25) is 6.79 Å². The predicted molar refractivity (Wildman–Crippen MR) is 70.4 cm³/mol. The molecule has 0 amide bonds. The van der Waals surface area contributed by atoms with Gasteiger partial charge in [0.1, 0.15) is 12.2 Å². The summed E-state index contributed by atoms with van der Waals surface area (Å²) in [5.74, 6) is 7.98. The first-order valence-electron chi connectivity index (χ1n) is 6.71. The van der Waals surface area contributed by atoms with Crippen LogP contribution in [0.3, 0.4) is 0 Å². The van der Waals surface area contributed by atoms with Crippen LogP contribution in [0, 0.1) is 17.8 Å². The molecule has 4 rings (SSSR count). The van der Waals surface area contributed by atoms with E-state index in [0.717, 1.165) is 17.1 Å². The highest BCUT2D eigenvalue weighted by molar-refractivity contribution is 5.49. The predicted octanol–water partition coefficient (Wildman–Crippen LogP) is 0.508. The van der Waals surface area contributed by atoms with Crippen LogP contribution in [0.2, 0.25) is 0 Å². The van der Waals surface area contributed by atoms with Crippen LogP contribution >= 0.6 is 0 Å². The van der Waals surface area contributed by atoms with E-state index in [1.54, 1.807) is 0 Å². The Morgan fingerprint density at radius 3 is 2.85 bits per heavy atom. The van der Waals surface area contributed by atoms with Crippen LogP contribution in [-0.4, -0.2) is 38.3 Å². The Morgan fingerprint density at radius 2 is 1.90 bits per heavy atom. The lowest BCUT2D eigenvalue weighted by Crippen LogP contribution is -2.35. The molecule has 0 aromatic heterocycles. The molecule has 0 radical (unpaired) electrons. The van der Waals surface area contributed by atoms with Crippen molar-refractivity contribution in [2.24, 2.45) is 11.7 Å². The van der Waals surface area contributed by atoms with Gasteiger partial charge in [0.05, 0.1) is 25.2 Å². The molecule has 1 aromatic rings. The van der Waals surface area contributed by atoms with E-state index < -0.39 is 0 Å². The number of hydrogen-bond acceptors (Lipinski definition) is 5. The average Bonchev–Trinajstić information content (AvgIpc) is 3.14. The van der Waals surface area contributed by atoms with E-state index in [2.05, 4.69) is 11.8 Å². The van der Waals surface area contributed by atoms with Crippen molar-refractivity contribution in [2.75, 3.05) is 20.0 Å². The van der Waals surface area contributed by atoms with E-state index in [-0.39, 0.29) is 31.0 Å². The average molecular weight is 273 g/mol. The minimum absolute atomic E-state index is 0.00603. The fourth-order valence-electron chi connectivity index (χ4n) is 2.80. The van der Waals surface area contributed by atoms with Gasteiger partial charge in [-0.05, 0) is 18.2 Å². The van der Waals surface area contributed by atoms with Gasteiger partial charge in [-0.25, -0.2) is 0 Å². The SMILES string of the molecule is NC1COC2C(C#Cc3ccc4c(c3)OCO4)COC12. The lowest BCUT2D eigenvalue weighted by Gasteiger charge is -2.10. The zero-order valence-corrected chi connectivity index (χ0v) is 10.9. The largest absolute Gasteiger partial charge is 0.454 e. The first kappa shape index (κ1) is 12.0. The standard InChI is InChI=1S/C15H15NO4/c16-11-7-18-14-10(6-17-15(11)14)3-1-9-2-4-12-13(5-9)20-8-19-12/h2,4-5,10-11,14-15H,6-8,16H2. The summed E-state index contributed by atoms with van der Waals surface area (Å²) in [7, 11) is 0. The molecule has 5 nitrogen and oxygen atoms in total. The van der Waals surface area contributed by atoms with E-state index in [1.807, 2.05) is 18.2 Å². The van der Waals surface area contributed by atoms with Crippen molar-refractivity contribution in [3.8, 4) is 23.3 Å². The second kappa shape index (κ2) is 4.67. The van der Waals surface area contributed by atoms with Crippen molar-refractivity contribution in [1.29, 1.82) is 0 Å². The molecule has 4 unspecified atom stereocenters. The monoisotopic (exact) mass is 273 g/mol. The summed E-state index contributed by atoms with van der Waals surface area (Å²) < 4.78 is 21.9. The molecule has 2 N–H and O–H groups in total. The lowest BCUT2D eigenvalue weighted by atomic mass is 10.0. The van der Waals surface area contributed by atoms with E-state index in [0.29, 0.717) is 13.2 Å². The quantitative estimate of drug-likeness (QED) is 0.698. The molecule has 3 aliphatic rings. The van der Waals surface area contributed by atoms with Crippen LogP contribution in [0.4, 0.5) is 0 Å². The summed E-state index contributed by atoms with van der Waals surface area (Å²) in [5.41, 5.74) is 6.83. The van der Waals surface area contributed by atoms with Gasteiger partial charge >= 0.3 is 0 Å². The molecule has 20 heavy (non-hydrogen) atoms. The Hall–Kier alpha value is -1.74. The van der Waals surface area contributed by atoms with Gasteiger partial charge in [0.25, 0.3) is 0 Å². The maximum atomic E-state index is 5.92. The van der Waals surface area contributed by atoms with Crippen LogP contribution < -0.4 is 15.2 Å². The highest BCUT2D eigenvalue weighted by Crippen LogP contribution is 2.33. The van der Waals surface area contributed by atoms with Gasteiger partial charge < -0.3 is 24.7 Å². The summed E-state index contributed by atoms with van der Waals surface area (Å²) in [5, 5.41) is 0. The van der Waals surface area contributed by atoms with Crippen molar-refractivity contribution < 1.29 is 18.9 Å². The fourth-order valence-corrected chi connectivity index (χ4v) is 2.80. The lowest BCUT2D eigenvalue weighted by molar-refractivity contribution is 0.0677. The van der Waals surface area contributed by atoms with Crippen molar-refractivity contribution in [3.05, 3.63) is 23.8 Å². The number of hydrogen-bond donors (Lipinski definition) is 1. The van der Waals surface area contributed by atoms with Gasteiger partial charge in [0.15, 0.2) is 11.5 Å². The summed E-state index contributed by atoms with van der Waals surface area (Å²) >= 11 is 0. The molecule has 4 atom stereocenters. The van der Waals surface area contributed by atoms with Gasteiger partial charge in [-0.1, -0.05) is 11.8 Å². The Labute approximate surface area is 116 Å². The maximum Gasteiger partial charge on any atom is 0.231 e. The summed E-state index contributed by atoms with van der Waals surface area (Å²) in [4.78, 5) is 0. The fraction of sp³-hybridized carbons (Fsp3) is 0.467. The zero-order chi connectivity index (χ0) is 13.5. The number of fused-ring (bicyclic) bond motifs is 2. The van der Waals surface area contributed by atoms with Gasteiger partial charge in [-0.3, -0.25) is 0 Å². The van der Waals surface area contributed by atoms with Gasteiger partial charge in [0, 0.05) is 5.56 Å². The summed E-state index contributed by atoms with van der Waals surface area (Å²) in [6.45, 7) is 1.41. The van der Waals surface area contributed by atoms with Crippen LogP contribution in [0.1, 0.15) is 5.56 Å². The summed E-state index contributed by atoms with van der Waals surface area (Å²) in [6, 6.07) is 5.67. The topological polar surface area (TPSA) is 62.9 Å².